The van der Waals surface area contributed by atoms with E-state index >= 15 is 0 Å². The molecule has 9 heterocycles. The van der Waals surface area contributed by atoms with Gasteiger partial charge in [0, 0.05) is 197 Å². The van der Waals surface area contributed by atoms with Crippen molar-refractivity contribution in [3.05, 3.63) is 270 Å². The minimum Gasteiger partial charge on any atom is -0.497 e. The Bertz CT molecular complexity index is 6680. The van der Waals surface area contributed by atoms with Gasteiger partial charge in [0.25, 0.3) is 11.8 Å². The van der Waals surface area contributed by atoms with Crippen LogP contribution in [0.5, 0.6) is 46.0 Å². The number of nitrogens with zero attached hydrogens (tertiary/aromatic N) is 14. The molecule has 30 nitrogen and oxygen atoms in total. The number of carboxylic acids is 1. The van der Waals surface area contributed by atoms with Crippen LogP contribution in [0.2, 0.25) is 30.1 Å². The van der Waals surface area contributed by atoms with Gasteiger partial charge in [-0.25, -0.2) is 4.79 Å². The van der Waals surface area contributed by atoms with Crippen molar-refractivity contribution in [2.75, 3.05) is 132 Å². The number of rotatable bonds is 26. The van der Waals surface area contributed by atoms with Gasteiger partial charge in [-0.2, -0.15) is 0 Å². The van der Waals surface area contributed by atoms with Crippen molar-refractivity contribution in [1.82, 2.24) is 74.7 Å². The zero-order valence-electron chi connectivity index (χ0n) is 79.4. The van der Waals surface area contributed by atoms with E-state index in [0.29, 0.717) is 144 Å². The van der Waals surface area contributed by atoms with Gasteiger partial charge in [-0.05, 0) is 132 Å². The van der Waals surface area contributed by atoms with Crippen molar-refractivity contribution in [1.29, 1.82) is 0 Å². The SMILES string of the molecule is C.C.C.C.C.COc1cc(OC)c(Cl)c(-c2ccc(C(=O)Nc3ccc(CN4CCNC(C)(C)C4)nc3)c3nccnc23)c1Cl.COc1cc(OC)c(Cl)c(-c2ccc(C(=O)O)c3nccnc23)c1Cl.COc1ccc(CN2CCN(Cc3ccc(N)cn3)CC2(C)C)cc1.COc1ccc(CN2CCN(Cc3ccc(NC(=O)c4ccc(-c5c(Cl)c(OC)cc(OC)c5Cl)c5nccnc45)cn3)CC2(C)C)cc1. The fourth-order valence-corrected chi connectivity index (χ4v) is 19.3. The van der Waals surface area contributed by atoms with Gasteiger partial charge in [-0.15, -0.1) is 0 Å². The van der Waals surface area contributed by atoms with E-state index in [0.717, 1.165) is 120 Å². The molecule has 3 aliphatic heterocycles. The molecule has 36 heteroatoms. The first-order valence-electron chi connectivity index (χ1n) is 44.4. The Morgan fingerprint density at radius 3 is 0.951 bits per heavy atom. The Labute approximate surface area is 873 Å². The highest BCUT2D eigenvalue weighted by molar-refractivity contribution is 6.43. The van der Waals surface area contributed by atoms with Crippen molar-refractivity contribution < 1.29 is 57.4 Å². The lowest BCUT2D eigenvalue weighted by atomic mass is 9.97. The minimum atomic E-state index is -1.10. The summed E-state index contributed by atoms with van der Waals surface area (Å²) in [5, 5.41) is 20.5. The molecule has 6 N–H and O–H groups in total. The van der Waals surface area contributed by atoms with Crippen LogP contribution in [-0.4, -0.2) is 225 Å². The number of methoxy groups -OCH3 is 8. The summed E-state index contributed by atoms with van der Waals surface area (Å²) in [6.45, 7) is 26.6. The summed E-state index contributed by atoms with van der Waals surface area (Å²) in [6, 6.07) is 42.9. The van der Waals surface area contributed by atoms with Gasteiger partial charge in [0.1, 0.15) is 62.5 Å². The number of halogens is 6. The molecule has 0 radical (unpaired) electrons. The number of hydrogen-bond donors (Lipinski definition) is 5. The molecule has 764 valence electrons. The van der Waals surface area contributed by atoms with Crippen LogP contribution in [0.25, 0.3) is 66.5 Å². The first kappa shape index (κ1) is 115. The molecule has 2 amide bonds. The maximum atomic E-state index is 13.6. The smallest absolute Gasteiger partial charge is 0.337 e. The highest BCUT2D eigenvalue weighted by Gasteiger charge is 2.37. The number of aromatic nitrogens is 9. The van der Waals surface area contributed by atoms with Crippen LogP contribution in [0, 0.1) is 0 Å². The van der Waals surface area contributed by atoms with E-state index in [1.165, 1.54) is 84.6 Å². The monoisotopic (exact) mass is 2080 g/mol. The van der Waals surface area contributed by atoms with E-state index in [4.69, 9.17) is 113 Å². The molecule has 3 saturated heterocycles. The number of carboxylic acid groups (broad SMARTS) is 1. The molecular formula is C108H128Cl6N18O12. The lowest BCUT2D eigenvalue weighted by molar-refractivity contribution is 0.00976. The van der Waals surface area contributed by atoms with Crippen molar-refractivity contribution in [2.45, 2.75) is 128 Å². The third-order valence-electron chi connectivity index (χ3n) is 24.3. The van der Waals surface area contributed by atoms with E-state index in [2.05, 4.69) is 151 Å². The number of amides is 2. The van der Waals surface area contributed by atoms with Gasteiger partial charge in [-0.1, -0.05) is 149 Å². The molecule has 8 aromatic carbocycles. The molecule has 0 bridgehead atoms. The maximum absolute atomic E-state index is 13.6. The Hall–Kier alpha value is -12.7. The number of carbonyl (C=O) groups is 3. The predicted octanol–water partition coefficient (Wildman–Crippen LogP) is 23.1. The molecular weight excluding hydrogens is 1950 g/mol. The second-order valence-electron chi connectivity index (χ2n) is 35.1. The average Bonchev–Trinajstić information content (AvgIpc) is 0.761. The van der Waals surface area contributed by atoms with E-state index in [-0.39, 0.29) is 86.7 Å². The molecule has 0 spiro atoms. The molecule has 0 aliphatic carbocycles. The fraction of sp³-hybridized carbons (Fsp3) is 0.333. The molecule has 0 saturated carbocycles. The molecule has 0 atom stereocenters. The molecule has 0 unspecified atom stereocenters. The average molecular weight is 2080 g/mol. The minimum absolute atomic E-state index is 0. The summed E-state index contributed by atoms with van der Waals surface area (Å²) in [6.07, 6.45) is 14.2. The highest BCUT2D eigenvalue weighted by Crippen LogP contribution is 2.51. The van der Waals surface area contributed by atoms with Crippen molar-refractivity contribution in [3.8, 4) is 79.4 Å². The quantitative estimate of drug-likeness (QED) is 0.0336. The van der Waals surface area contributed by atoms with E-state index < -0.39 is 5.97 Å². The standard InChI is InChI=1S/C37H38Cl2N6O4.C29H30Cl2N6O3.C20H28N4O.C17H12Cl2N2O4.5CH4/c1-37(2)22-44(16-17-45(37)20-23-6-10-26(47-3)11-7-23)21-25-9-8-24(19-42-25)43-36(46)28-13-12-27(34-35(28)41-15-14-40-34)31-32(38)29(48-4)18-30(49-5)33(31)39;1-29(2)16-37(12-11-35-29)15-18-6-5-17(14-34-18)36-28(38)20-8-7-19(26-27(20)33-10-9-32-26)23-24(30)21(39-3)13-22(40-4)25(23)31;1-20(2)15-23(14-18-7-6-17(21)12-22-18)10-11-24(20)13-16-4-8-19(25-3)9-5-16;1-24-10-7-11(25-2)14(19)12(13(10)18)8-3-4-9(17(22)23)16-15(8)20-5-6-21-16;;;;;/h6-15,18-19H,16-17,20-22H2,1-5H3,(H,43,46);5-10,13-14,35H,11-12,15-16H2,1-4H3,(H,36,38);4-9,12H,10-11,13-15,21H2,1-3H3;3-7H,1-2H3,(H,22,23);5*1H4. The molecule has 6 aromatic heterocycles. The Kier molecular flexibility index (Phi) is 40.9. The van der Waals surface area contributed by atoms with Crippen molar-refractivity contribution in [3.63, 3.8) is 0 Å². The third-order valence-corrected chi connectivity index (χ3v) is 26.6. The van der Waals surface area contributed by atoms with Crippen LogP contribution < -0.4 is 59.6 Å². The number of pyridine rings is 3. The number of nitrogens with two attached hydrogens (primary N) is 1. The van der Waals surface area contributed by atoms with Crippen LogP contribution >= 0.6 is 69.6 Å². The molecule has 14 aromatic rings. The normalized spacial score (nSPS) is 14.3. The number of carbonyl (C=O) groups excluding carboxylic acids is 2. The summed E-state index contributed by atoms with van der Waals surface area (Å²) >= 11 is 39.7. The Balaban J connectivity index is 0.000000220. The van der Waals surface area contributed by atoms with Crippen LogP contribution in [0.4, 0.5) is 17.1 Å². The number of nitrogen functional groups attached to an aromatic ring is 1. The second-order valence-corrected chi connectivity index (χ2v) is 37.3. The number of hydrogen-bond acceptors (Lipinski definition) is 27. The first-order chi connectivity index (χ1) is 66.8. The number of fused-ring (bicyclic) bond motifs is 3. The van der Waals surface area contributed by atoms with Crippen molar-refractivity contribution in [2.24, 2.45) is 0 Å². The predicted molar refractivity (Wildman–Crippen MR) is 581 cm³/mol. The number of piperazine rings is 3. The molecule has 3 aliphatic rings. The van der Waals surface area contributed by atoms with Crippen LogP contribution in [-0.2, 0) is 32.7 Å². The van der Waals surface area contributed by atoms with E-state index in [1.807, 2.05) is 60.7 Å². The van der Waals surface area contributed by atoms with Gasteiger partial charge in [-0.3, -0.25) is 78.9 Å². The van der Waals surface area contributed by atoms with Gasteiger partial charge >= 0.3 is 5.97 Å². The second kappa shape index (κ2) is 51.2. The number of ether oxygens (including phenoxy) is 8. The number of nitrogens with one attached hydrogen (secondary N) is 3. The number of benzene rings is 8. The van der Waals surface area contributed by atoms with E-state index in [9.17, 15) is 19.5 Å². The summed E-state index contributed by atoms with van der Waals surface area (Å²) in [5.41, 5.74) is 19.4. The maximum Gasteiger partial charge on any atom is 0.337 e. The Morgan fingerprint density at radius 1 is 0.361 bits per heavy atom. The van der Waals surface area contributed by atoms with Crippen molar-refractivity contribution >= 4 is 138 Å². The highest BCUT2D eigenvalue weighted by atomic mass is 35.5. The zero-order valence-corrected chi connectivity index (χ0v) is 84.0. The van der Waals surface area contributed by atoms with Crippen LogP contribution in [0.3, 0.4) is 0 Å². The summed E-state index contributed by atoms with van der Waals surface area (Å²) in [5.74, 6) is 2.31. The molecule has 3 fully saturated rings. The van der Waals surface area contributed by atoms with Gasteiger partial charge in [0.2, 0.25) is 0 Å². The zero-order chi connectivity index (χ0) is 99.1. The lowest BCUT2D eigenvalue weighted by Gasteiger charge is -2.47. The summed E-state index contributed by atoms with van der Waals surface area (Å²) < 4.78 is 42.9. The van der Waals surface area contributed by atoms with Crippen LogP contribution in [0.1, 0.15) is 138 Å². The fourth-order valence-electron chi connectivity index (χ4n) is 17.2. The molecule has 17 rings (SSSR count). The molecule has 144 heavy (non-hydrogen) atoms. The Morgan fingerprint density at radius 2 is 0.667 bits per heavy atom. The van der Waals surface area contributed by atoms with Gasteiger partial charge in [0.05, 0.1) is 173 Å². The van der Waals surface area contributed by atoms with Gasteiger partial charge in [0.15, 0.2) is 0 Å². The lowest BCUT2D eigenvalue weighted by Crippen LogP contribution is -2.58. The largest absolute Gasteiger partial charge is 0.497 e. The summed E-state index contributed by atoms with van der Waals surface area (Å²) in [7, 11) is 12.4. The van der Waals surface area contributed by atoms with Gasteiger partial charge < -0.3 is 64.7 Å². The number of aromatic carboxylic acids is 1. The third kappa shape index (κ3) is 26.9. The number of anilines is 3. The van der Waals surface area contributed by atoms with E-state index in [1.54, 1.807) is 93.7 Å². The topological polar surface area (TPSA) is 340 Å². The summed E-state index contributed by atoms with van der Waals surface area (Å²) in [4.78, 5) is 90.8. The van der Waals surface area contributed by atoms with Crippen LogP contribution in [0.15, 0.2) is 195 Å². The first-order valence-corrected chi connectivity index (χ1v) is 46.7.